The van der Waals surface area contributed by atoms with Gasteiger partial charge in [-0.05, 0) is 36.6 Å². The molecule has 0 aromatic carbocycles. The van der Waals surface area contributed by atoms with Crippen molar-refractivity contribution < 1.29 is 0 Å². The second kappa shape index (κ2) is 2.48. The van der Waals surface area contributed by atoms with Gasteiger partial charge in [0.15, 0.2) is 0 Å². The minimum atomic E-state index is 0.667. The molecule has 0 spiro atoms. The minimum absolute atomic E-state index is 0.667. The van der Waals surface area contributed by atoms with Gasteiger partial charge in [-0.2, -0.15) is 0 Å². The van der Waals surface area contributed by atoms with E-state index in [4.69, 9.17) is 5.73 Å². The van der Waals surface area contributed by atoms with Crippen LogP contribution in [0.2, 0.25) is 0 Å². The predicted molar refractivity (Wildman–Crippen MR) is 47.2 cm³/mol. The highest BCUT2D eigenvalue weighted by atomic mass is 14.7. The van der Waals surface area contributed by atoms with Crippen molar-refractivity contribution >= 4 is 0 Å². The number of nitrogens with two attached hydrogens (primary N) is 1. The Morgan fingerprint density at radius 1 is 1.45 bits per heavy atom. The van der Waals surface area contributed by atoms with Crippen molar-refractivity contribution in [2.45, 2.75) is 39.0 Å². The van der Waals surface area contributed by atoms with Crippen molar-refractivity contribution in [3.05, 3.63) is 0 Å². The fraction of sp³-hybridized carbons (Fsp3) is 1.00. The van der Waals surface area contributed by atoms with Gasteiger partial charge >= 0.3 is 0 Å². The Labute approximate surface area is 69.4 Å². The Balaban J connectivity index is 1.77. The molecule has 0 saturated heterocycles. The van der Waals surface area contributed by atoms with Gasteiger partial charge in [-0.25, -0.2) is 0 Å². The van der Waals surface area contributed by atoms with E-state index in [1.165, 1.54) is 32.1 Å². The first kappa shape index (κ1) is 7.60. The highest BCUT2D eigenvalue weighted by Crippen LogP contribution is 2.57. The van der Waals surface area contributed by atoms with Gasteiger partial charge in [-0.15, -0.1) is 0 Å². The topological polar surface area (TPSA) is 26.0 Å². The molecule has 2 N–H and O–H groups in total. The van der Waals surface area contributed by atoms with Gasteiger partial charge < -0.3 is 5.73 Å². The third-order valence-corrected chi connectivity index (χ3v) is 3.80. The van der Waals surface area contributed by atoms with E-state index >= 15 is 0 Å². The molecule has 2 rings (SSSR count). The van der Waals surface area contributed by atoms with Crippen LogP contribution in [0.1, 0.15) is 39.0 Å². The molecule has 2 atom stereocenters. The molecule has 2 aliphatic rings. The summed E-state index contributed by atoms with van der Waals surface area (Å²) in [5, 5.41) is 0. The van der Waals surface area contributed by atoms with E-state index in [2.05, 4.69) is 6.92 Å². The maximum absolute atomic E-state index is 5.64. The zero-order valence-corrected chi connectivity index (χ0v) is 7.47. The van der Waals surface area contributed by atoms with Crippen molar-refractivity contribution in [1.82, 2.24) is 0 Å². The Morgan fingerprint density at radius 3 is 2.55 bits per heavy atom. The molecule has 0 aromatic rings. The highest BCUT2D eigenvalue weighted by molar-refractivity contribution is 5.00. The fourth-order valence-electron chi connectivity index (χ4n) is 2.48. The van der Waals surface area contributed by atoms with Crippen LogP contribution in [0.4, 0.5) is 0 Å². The molecular weight excluding hydrogens is 134 g/mol. The average molecular weight is 153 g/mol. The van der Waals surface area contributed by atoms with Crippen molar-refractivity contribution in [3.8, 4) is 0 Å². The van der Waals surface area contributed by atoms with E-state index in [-0.39, 0.29) is 0 Å². The van der Waals surface area contributed by atoms with E-state index in [9.17, 15) is 0 Å². The van der Waals surface area contributed by atoms with E-state index in [1.807, 2.05) is 0 Å². The van der Waals surface area contributed by atoms with Crippen LogP contribution in [0.15, 0.2) is 0 Å². The van der Waals surface area contributed by atoms with Crippen LogP contribution in [0, 0.1) is 17.3 Å². The monoisotopic (exact) mass is 153 g/mol. The largest absolute Gasteiger partial charge is 0.330 e. The predicted octanol–water partition coefficient (Wildman–Crippen LogP) is 2.16. The van der Waals surface area contributed by atoms with Crippen LogP contribution in [-0.4, -0.2) is 6.54 Å². The smallest absolute Gasteiger partial charge is 0.00434 e. The minimum Gasteiger partial charge on any atom is -0.330 e. The van der Waals surface area contributed by atoms with Gasteiger partial charge in [0.1, 0.15) is 0 Å². The number of rotatable bonds is 3. The molecule has 2 fully saturated rings. The van der Waals surface area contributed by atoms with Crippen molar-refractivity contribution in [2.24, 2.45) is 23.0 Å². The molecule has 2 unspecified atom stereocenters. The third kappa shape index (κ3) is 1.31. The Morgan fingerprint density at radius 2 is 2.18 bits per heavy atom. The first-order valence-electron chi connectivity index (χ1n) is 4.95. The second-order valence-corrected chi connectivity index (χ2v) is 4.79. The first-order chi connectivity index (χ1) is 5.24. The third-order valence-electron chi connectivity index (χ3n) is 3.80. The van der Waals surface area contributed by atoms with E-state index in [0.717, 1.165) is 18.4 Å². The first-order valence-corrected chi connectivity index (χ1v) is 4.95. The zero-order valence-electron chi connectivity index (χ0n) is 7.47. The summed E-state index contributed by atoms with van der Waals surface area (Å²) in [4.78, 5) is 0. The van der Waals surface area contributed by atoms with Crippen LogP contribution in [0.5, 0.6) is 0 Å². The lowest BCUT2D eigenvalue weighted by Crippen LogP contribution is -2.17. The van der Waals surface area contributed by atoms with Crippen LogP contribution in [-0.2, 0) is 0 Å². The standard InChI is InChI=1S/C10H19N/c1-10(6-9(10)7-11)5-8-3-2-4-8/h8-9H,2-7,11H2,1H3. The maximum Gasteiger partial charge on any atom is -0.00434 e. The summed E-state index contributed by atoms with van der Waals surface area (Å²) in [6.45, 7) is 3.34. The molecular formula is C10H19N. The summed E-state index contributed by atoms with van der Waals surface area (Å²) >= 11 is 0. The van der Waals surface area contributed by atoms with Gasteiger partial charge in [0.2, 0.25) is 0 Å². The Bertz CT molecular complexity index is 151. The molecule has 0 aliphatic heterocycles. The van der Waals surface area contributed by atoms with Gasteiger partial charge in [0.05, 0.1) is 0 Å². The molecule has 0 heterocycles. The van der Waals surface area contributed by atoms with Crippen molar-refractivity contribution in [3.63, 3.8) is 0 Å². The highest BCUT2D eigenvalue weighted by Gasteiger charge is 2.49. The summed E-state index contributed by atoms with van der Waals surface area (Å²) in [6, 6.07) is 0. The molecule has 0 aromatic heterocycles. The van der Waals surface area contributed by atoms with Gasteiger partial charge in [-0.3, -0.25) is 0 Å². The normalized spacial score (nSPS) is 43.6. The van der Waals surface area contributed by atoms with Crippen LogP contribution in [0.25, 0.3) is 0 Å². The molecule has 11 heavy (non-hydrogen) atoms. The Kier molecular flexibility index (Phi) is 1.71. The summed E-state index contributed by atoms with van der Waals surface area (Å²) < 4.78 is 0. The maximum atomic E-state index is 5.64. The summed E-state index contributed by atoms with van der Waals surface area (Å²) in [6.07, 6.45) is 7.34. The van der Waals surface area contributed by atoms with Gasteiger partial charge in [0, 0.05) is 0 Å². The zero-order chi connectivity index (χ0) is 7.90. The second-order valence-electron chi connectivity index (χ2n) is 4.79. The van der Waals surface area contributed by atoms with Crippen LogP contribution in [0.3, 0.4) is 0 Å². The van der Waals surface area contributed by atoms with Crippen molar-refractivity contribution in [1.29, 1.82) is 0 Å². The molecule has 2 saturated carbocycles. The lowest BCUT2D eigenvalue weighted by molar-refractivity contribution is 0.238. The van der Waals surface area contributed by atoms with E-state index < -0.39 is 0 Å². The molecule has 0 amide bonds. The quantitative estimate of drug-likeness (QED) is 0.660. The molecule has 1 nitrogen and oxygen atoms in total. The van der Waals surface area contributed by atoms with Crippen LogP contribution < -0.4 is 5.73 Å². The molecule has 1 heteroatoms. The van der Waals surface area contributed by atoms with Gasteiger partial charge in [0.25, 0.3) is 0 Å². The lowest BCUT2D eigenvalue weighted by Gasteiger charge is -2.28. The molecule has 64 valence electrons. The van der Waals surface area contributed by atoms with Crippen LogP contribution >= 0.6 is 0 Å². The SMILES string of the molecule is CC1(CC2CCC2)CC1CN. The molecule has 2 aliphatic carbocycles. The Hall–Kier alpha value is -0.0400. The van der Waals surface area contributed by atoms with E-state index in [1.54, 1.807) is 0 Å². The van der Waals surface area contributed by atoms with E-state index in [0.29, 0.717) is 5.41 Å². The molecule has 0 bridgehead atoms. The summed E-state index contributed by atoms with van der Waals surface area (Å²) in [5.41, 5.74) is 6.31. The fourth-order valence-corrected chi connectivity index (χ4v) is 2.48. The van der Waals surface area contributed by atoms with Crippen molar-refractivity contribution in [2.75, 3.05) is 6.54 Å². The average Bonchev–Trinajstić information content (AvgIpc) is 2.55. The lowest BCUT2D eigenvalue weighted by atomic mass is 9.77. The number of hydrogen-bond acceptors (Lipinski definition) is 1. The summed E-state index contributed by atoms with van der Waals surface area (Å²) in [7, 11) is 0. The summed E-state index contributed by atoms with van der Waals surface area (Å²) in [5.74, 6) is 1.93. The van der Waals surface area contributed by atoms with Gasteiger partial charge in [-0.1, -0.05) is 26.2 Å². The molecule has 0 radical (unpaired) electrons. The number of hydrogen-bond donors (Lipinski definition) is 1.